The van der Waals surface area contributed by atoms with Crippen molar-refractivity contribution in [1.82, 2.24) is 9.78 Å². The minimum atomic E-state index is 0. The van der Waals surface area contributed by atoms with Gasteiger partial charge in [-0.05, 0) is 24.2 Å². The van der Waals surface area contributed by atoms with Crippen LogP contribution in [0.4, 0.5) is 0 Å². The molecule has 2 heterocycles. The van der Waals surface area contributed by atoms with Crippen LogP contribution in [0.5, 0.6) is 0 Å². The third-order valence-corrected chi connectivity index (χ3v) is 2.44. The van der Waals surface area contributed by atoms with Crippen molar-refractivity contribution >= 4 is 6.29 Å². The molecule has 0 radical (unpaired) electrons. The molecule has 1 aromatic carbocycles. The van der Waals surface area contributed by atoms with E-state index in [2.05, 4.69) is 5.10 Å². The second-order valence-corrected chi connectivity index (χ2v) is 3.60. The SMILES string of the molecule is O=[C-]c1cc2n(n1)CCC2.[U].c1ccccc1. The molecule has 0 saturated carbocycles. The zero-order chi connectivity index (χ0) is 11.2. The van der Waals surface area contributed by atoms with Crippen molar-refractivity contribution < 1.29 is 35.9 Å². The Morgan fingerprint density at radius 1 is 1.12 bits per heavy atom. The van der Waals surface area contributed by atoms with Crippen LogP contribution in [0.1, 0.15) is 17.8 Å². The fraction of sp³-hybridized carbons (Fsp3) is 0.231. The standard InChI is InChI=1S/C7H7N2O.C6H6.U/c10-5-6-4-7-2-1-3-9(7)8-6;1-2-4-6-5-3-1;/h4H,1-3H2;1-6H;/q-1;;. The summed E-state index contributed by atoms with van der Waals surface area (Å²) in [6, 6.07) is 13.8. The maximum absolute atomic E-state index is 10.1. The molecular weight excluding hydrogens is 438 g/mol. The molecule has 0 unspecified atom stereocenters. The van der Waals surface area contributed by atoms with Gasteiger partial charge in [0.25, 0.3) is 0 Å². The van der Waals surface area contributed by atoms with Gasteiger partial charge in [0, 0.05) is 43.9 Å². The van der Waals surface area contributed by atoms with E-state index in [0.29, 0.717) is 5.69 Å². The van der Waals surface area contributed by atoms with Gasteiger partial charge in [0.1, 0.15) is 0 Å². The van der Waals surface area contributed by atoms with Crippen LogP contribution in [0.3, 0.4) is 0 Å². The summed E-state index contributed by atoms with van der Waals surface area (Å²) in [6.45, 7) is 0.955. The molecule has 0 saturated heterocycles. The smallest absolute Gasteiger partial charge is 0.0396 e. The van der Waals surface area contributed by atoms with Crippen LogP contribution in [0, 0.1) is 31.1 Å². The van der Waals surface area contributed by atoms with Crippen LogP contribution in [0.2, 0.25) is 0 Å². The van der Waals surface area contributed by atoms with Crippen LogP contribution in [0.25, 0.3) is 0 Å². The predicted octanol–water partition coefficient (Wildman–Crippen LogP) is 1.97. The number of benzene rings is 1. The average Bonchev–Trinajstić information content (AvgIpc) is 2.92. The van der Waals surface area contributed by atoms with Gasteiger partial charge in [-0.25, -0.2) is 5.10 Å². The number of carbonyl (C=O) groups excluding carboxylic acids is 1. The van der Waals surface area contributed by atoms with Crippen LogP contribution in [-0.2, 0) is 17.8 Å². The molecule has 1 aliphatic heterocycles. The number of nitrogens with zero attached hydrogens (tertiary/aromatic N) is 2. The third kappa shape index (κ3) is 4.14. The summed E-state index contributed by atoms with van der Waals surface area (Å²) < 4.78 is 1.88. The van der Waals surface area contributed by atoms with Crippen molar-refractivity contribution in [3.63, 3.8) is 0 Å². The van der Waals surface area contributed by atoms with Gasteiger partial charge in [-0.15, -0.1) is 0 Å². The predicted molar refractivity (Wildman–Crippen MR) is 61.8 cm³/mol. The van der Waals surface area contributed by atoms with Gasteiger partial charge in [-0.3, -0.25) is 4.68 Å². The molecule has 86 valence electrons. The molecule has 0 atom stereocenters. The van der Waals surface area contributed by atoms with E-state index in [1.807, 2.05) is 41.1 Å². The minimum absolute atomic E-state index is 0. The molecular formula is C13H13N2OU-. The minimum Gasteiger partial charge on any atom is -0.417 e. The molecule has 17 heavy (non-hydrogen) atoms. The van der Waals surface area contributed by atoms with E-state index in [1.165, 1.54) is 5.69 Å². The Labute approximate surface area is 125 Å². The monoisotopic (exact) mass is 451 g/mol. The Hall–Kier alpha value is -0.848. The van der Waals surface area contributed by atoms with Crippen molar-refractivity contribution in [1.29, 1.82) is 0 Å². The molecule has 0 amide bonds. The number of fused-ring (bicyclic) bond motifs is 1. The molecule has 4 heteroatoms. The fourth-order valence-electron chi connectivity index (χ4n) is 1.70. The first-order valence-electron chi connectivity index (χ1n) is 5.35. The molecule has 0 bridgehead atoms. The topological polar surface area (TPSA) is 34.9 Å². The maximum Gasteiger partial charge on any atom is 0.0396 e. The Morgan fingerprint density at radius 2 is 1.71 bits per heavy atom. The molecule has 0 N–H and O–H groups in total. The number of rotatable bonds is 1. The van der Waals surface area contributed by atoms with E-state index < -0.39 is 0 Å². The van der Waals surface area contributed by atoms with E-state index in [9.17, 15) is 4.79 Å². The molecule has 1 aliphatic rings. The normalized spacial score (nSPS) is 11.8. The van der Waals surface area contributed by atoms with Gasteiger partial charge in [0.15, 0.2) is 0 Å². The summed E-state index contributed by atoms with van der Waals surface area (Å²) in [5.74, 6) is 0. The Bertz CT molecular complexity index is 405. The summed E-state index contributed by atoms with van der Waals surface area (Å²) >= 11 is 0. The van der Waals surface area contributed by atoms with Crippen molar-refractivity contribution in [3.8, 4) is 0 Å². The summed E-state index contributed by atoms with van der Waals surface area (Å²) in [6.07, 6.45) is 3.98. The fourth-order valence-corrected chi connectivity index (χ4v) is 1.70. The Balaban J connectivity index is 0.000000180. The summed E-state index contributed by atoms with van der Waals surface area (Å²) in [5, 5.41) is 4.00. The van der Waals surface area contributed by atoms with Crippen molar-refractivity contribution in [3.05, 3.63) is 53.9 Å². The van der Waals surface area contributed by atoms with E-state index in [4.69, 9.17) is 0 Å². The Morgan fingerprint density at radius 3 is 2.18 bits per heavy atom. The maximum atomic E-state index is 10.1. The summed E-state index contributed by atoms with van der Waals surface area (Å²) in [4.78, 5) is 10.1. The molecule has 0 aliphatic carbocycles. The van der Waals surface area contributed by atoms with Crippen LogP contribution in [-0.4, -0.2) is 16.1 Å². The molecule has 1 aromatic heterocycles. The van der Waals surface area contributed by atoms with Crippen molar-refractivity contribution in [2.24, 2.45) is 0 Å². The van der Waals surface area contributed by atoms with Gasteiger partial charge in [0.05, 0.1) is 0 Å². The molecule has 0 fully saturated rings. The summed E-state index contributed by atoms with van der Waals surface area (Å²) in [5.41, 5.74) is 1.60. The summed E-state index contributed by atoms with van der Waals surface area (Å²) in [7, 11) is 0. The van der Waals surface area contributed by atoms with Gasteiger partial charge in [-0.1, -0.05) is 36.4 Å². The first-order valence-corrected chi connectivity index (χ1v) is 5.35. The zero-order valence-corrected chi connectivity index (χ0v) is 13.6. The van der Waals surface area contributed by atoms with E-state index in [1.54, 1.807) is 12.4 Å². The van der Waals surface area contributed by atoms with Gasteiger partial charge < -0.3 is 4.79 Å². The number of hydrogen-bond donors (Lipinski definition) is 0. The Kier molecular flexibility index (Phi) is 6.25. The van der Waals surface area contributed by atoms with Gasteiger partial charge >= 0.3 is 0 Å². The van der Waals surface area contributed by atoms with E-state index >= 15 is 0 Å². The number of hydrogen-bond acceptors (Lipinski definition) is 2. The van der Waals surface area contributed by atoms with E-state index in [-0.39, 0.29) is 31.1 Å². The second-order valence-electron chi connectivity index (χ2n) is 3.60. The molecule has 3 nitrogen and oxygen atoms in total. The molecule has 3 rings (SSSR count). The van der Waals surface area contributed by atoms with Crippen LogP contribution >= 0.6 is 0 Å². The third-order valence-electron chi connectivity index (χ3n) is 2.44. The number of aromatic nitrogens is 2. The zero-order valence-electron chi connectivity index (χ0n) is 9.47. The average molecular weight is 451 g/mol. The van der Waals surface area contributed by atoms with Crippen molar-refractivity contribution in [2.45, 2.75) is 19.4 Å². The van der Waals surface area contributed by atoms with E-state index in [0.717, 1.165) is 19.4 Å². The first kappa shape index (κ1) is 14.2. The first-order chi connectivity index (χ1) is 7.90. The van der Waals surface area contributed by atoms with Crippen molar-refractivity contribution in [2.75, 3.05) is 0 Å². The quantitative estimate of drug-likeness (QED) is 0.622. The second kappa shape index (κ2) is 7.47. The van der Waals surface area contributed by atoms with Crippen LogP contribution < -0.4 is 0 Å². The molecule has 0 spiro atoms. The van der Waals surface area contributed by atoms with Gasteiger partial charge in [0.2, 0.25) is 0 Å². The van der Waals surface area contributed by atoms with Crippen LogP contribution in [0.15, 0.2) is 42.5 Å². The van der Waals surface area contributed by atoms with Gasteiger partial charge in [-0.2, -0.15) is 6.07 Å². The largest absolute Gasteiger partial charge is 0.417 e. The molecule has 2 aromatic rings. The number of aryl methyl sites for hydroxylation is 2.